The molecule has 1 aromatic heterocycles. The van der Waals surface area contributed by atoms with Crippen LogP contribution in [0.2, 0.25) is 0 Å². The Balaban J connectivity index is 1.67. The maximum absolute atomic E-state index is 12.3. The van der Waals surface area contributed by atoms with Crippen LogP contribution in [0.3, 0.4) is 0 Å². The molecule has 6 nitrogen and oxygen atoms in total. The van der Waals surface area contributed by atoms with E-state index in [1.165, 1.54) is 18.4 Å². The summed E-state index contributed by atoms with van der Waals surface area (Å²) in [7, 11) is 1.34. The summed E-state index contributed by atoms with van der Waals surface area (Å²) >= 11 is 6.53. The highest BCUT2D eigenvalue weighted by molar-refractivity contribution is 7.80. The number of fused-ring (bicyclic) bond motifs is 1. The first-order chi connectivity index (χ1) is 13.0. The van der Waals surface area contributed by atoms with E-state index in [1.54, 1.807) is 30.3 Å². The van der Waals surface area contributed by atoms with Crippen molar-refractivity contribution in [3.8, 4) is 0 Å². The summed E-state index contributed by atoms with van der Waals surface area (Å²) < 4.78 is 5.53. The van der Waals surface area contributed by atoms with Gasteiger partial charge in [0.05, 0.1) is 22.9 Å². The second-order valence-electron chi connectivity index (χ2n) is 5.65. The van der Waals surface area contributed by atoms with Gasteiger partial charge in [-0.25, -0.2) is 9.78 Å². The first kappa shape index (κ1) is 18.9. The Labute approximate surface area is 165 Å². The quantitative estimate of drug-likeness (QED) is 0.513. The lowest BCUT2D eigenvalue weighted by Gasteiger charge is -2.07. The molecule has 0 aliphatic rings. The molecule has 0 atom stereocenters. The minimum absolute atomic E-state index is 0.159. The molecule has 0 spiro atoms. The molecule has 138 valence electrons. The molecule has 0 saturated carbocycles. The molecule has 2 aromatic carbocycles. The van der Waals surface area contributed by atoms with E-state index in [2.05, 4.69) is 22.5 Å². The number of nitrogens with zero attached hydrogens (tertiary/aromatic N) is 1. The maximum Gasteiger partial charge on any atom is 0.337 e. The fraction of sp³-hybridized carbons (Fsp3) is 0.158. The Morgan fingerprint density at radius 2 is 1.85 bits per heavy atom. The fourth-order valence-corrected chi connectivity index (χ4v) is 3.58. The number of esters is 1. The van der Waals surface area contributed by atoms with Crippen molar-refractivity contribution in [1.29, 1.82) is 0 Å². The van der Waals surface area contributed by atoms with E-state index in [0.717, 1.165) is 22.2 Å². The summed E-state index contributed by atoms with van der Waals surface area (Å²) in [5.41, 5.74) is 2.86. The lowest BCUT2D eigenvalue weighted by atomic mass is 10.1. The number of thiocarbonyl (C=S) groups is 1. The number of methoxy groups -OCH3 is 1. The number of thiazole rings is 1. The molecule has 0 aliphatic heterocycles. The second kappa shape index (κ2) is 8.24. The predicted molar refractivity (Wildman–Crippen MR) is 110 cm³/mol. The molecule has 27 heavy (non-hydrogen) atoms. The number of carbonyl (C=O) groups is 2. The fourth-order valence-electron chi connectivity index (χ4n) is 2.42. The Morgan fingerprint density at radius 3 is 2.52 bits per heavy atom. The van der Waals surface area contributed by atoms with Gasteiger partial charge in [-0.3, -0.25) is 10.1 Å². The zero-order valence-electron chi connectivity index (χ0n) is 14.7. The van der Waals surface area contributed by atoms with Crippen LogP contribution in [0.4, 0.5) is 5.13 Å². The summed E-state index contributed by atoms with van der Waals surface area (Å²) in [4.78, 5) is 28.3. The van der Waals surface area contributed by atoms with Crippen LogP contribution in [0, 0.1) is 0 Å². The Hall–Kier alpha value is -2.84. The third kappa shape index (κ3) is 4.47. The molecular weight excluding hydrogens is 382 g/mol. The molecule has 0 aliphatic carbocycles. The monoisotopic (exact) mass is 399 g/mol. The van der Waals surface area contributed by atoms with E-state index in [1.807, 2.05) is 12.1 Å². The number of rotatable bonds is 4. The lowest BCUT2D eigenvalue weighted by Crippen LogP contribution is -2.34. The second-order valence-corrected chi connectivity index (χ2v) is 7.09. The van der Waals surface area contributed by atoms with Crippen LogP contribution in [-0.2, 0) is 11.2 Å². The summed E-state index contributed by atoms with van der Waals surface area (Å²) in [6.45, 7) is 2.06. The predicted octanol–water partition coefficient (Wildman–Crippen LogP) is 3.77. The van der Waals surface area contributed by atoms with Crippen molar-refractivity contribution in [3.05, 3.63) is 59.2 Å². The highest BCUT2D eigenvalue weighted by Gasteiger charge is 2.12. The molecule has 1 heterocycles. The van der Waals surface area contributed by atoms with Gasteiger partial charge in [-0.1, -0.05) is 30.4 Å². The zero-order chi connectivity index (χ0) is 19.4. The van der Waals surface area contributed by atoms with Crippen LogP contribution in [0.15, 0.2) is 42.5 Å². The standard InChI is InChI=1S/C19H17N3O3S2/c1-3-11-4-6-12(7-5-11)16(23)21-18(26)22-19-20-14-9-8-13(17(24)25-2)10-15(14)27-19/h4-10H,3H2,1-2H3,(H2,20,21,22,23,26). The van der Waals surface area contributed by atoms with Crippen LogP contribution in [0.1, 0.15) is 33.2 Å². The van der Waals surface area contributed by atoms with Crippen LogP contribution in [0.5, 0.6) is 0 Å². The number of carbonyl (C=O) groups excluding carboxylic acids is 2. The average molecular weight is 399 g/mol. The highest BCUT2D eigenvalue weighted by Crippen LogP contribution is 2.27. The summed E-state index contributed by atoms with van der Waals surface area (Å²) in [6.07, 6.45) is 0.914. The van der Waals surface area contributed by atoms with Crippen molar-refractivity contribution in [2.24, 2.45) is 0 Å². The Morgan fingerprint density at radius 1 is 1.15 bits per heavy atom. The minimum Gasteiger partial charge on any atom is -0.465 e. The zero-order valence-corrected chi connectivity index (χ0v) is 16.4. The Kier molecular flexibility index (Phi) is 5.78. The van der Waals surface area contributed by atoms with E-state index < -0.39 is 5.97 Å². The number of aromatic nitrogens is 1. The molecule has 0 bridgehead atoms. The summed E-state index contributed by atoms with van der Waals surface area (Å²) in [6, 6.07) is 12.5. The van der Waals surface area contributed by atoms with Crippen LogP contribution < -0.4 is 10.6 Å². The number of aryl methyl sites for hydroxylation is 1. The normalized spacial score (nSPS) is 10.4. The first-order valence-corrected chi connectivity index (χ1v) is 9.43. The van der Waals surface area contributed by atoms with Gasteiger partial charge < -0.3 is 10.1 Å². The van der Waals surface area contributed by atoms with Gasteiger partial charge in [0.15, 0.2) is 10.2 Å². The van der Waals surface area contributed by atoms with Crippen LogP contribution in [-0.4, -0.2) is 29.1 Å². The third-order valence-electron chi connectivity index (χ3n) is 3.88. The molecule has 0 saturated heterocycles. The van der Waals surface area contributed by atoms with E-state index in [-0.39, 0.29) is 11.0 Å². The number of nitrogens with one attached hydrogen (secondary N) is 2. The third-order valence-corrected chi connectivity index (χ3v) is 5.02. The van der Waals surface area contributed by atoms with E-state index in [9.17, 15) is 9.59 Å². The maximum atomic E-state index is 12.3. The Bertz CT molecular complexity index is 1010. The molecule has 0 radical (unpaired) electrons. The number of benzene rings is 2. The van der Waals surface area contributed by atoms with Gasteiger partial charge >= 0.3 is 5.97 Å². The molecule has 1 amide bonds. The number of amides is 1. The smallest absolute Gasteiger partial charge is 0.337 e. The van der Waals surface area contributed by atoms with E-state index >= 15 is 0 Å². The molecule has 0 fully saturated rings. The lowest BCUT2D eigenvalue weighted by molar-refractivity contribution is 0.0601. The van der Waals surface area contributed by atoms with Gasteiger partial charge in [0, 0.05) is 5.56 Å². The summed E-state index contributed by atoms with van der Waals surface area (Å²) in [5.74, 6) is -0.694. The molecular formula is C19H17N3O3S2. The molecule has 3 rings (SSSR count). The number of hydrogen-bond donors (Lipinski definition) is 2. The van der Waals surface area contributed by atoms with Gasteiger partial charge in [-0.05, 0) is 54.5 Å². The molecule has 0 unspecified atom stereocenters. The van der Waals surface area contributed by atoms with Gasteiger partial charge in [0.25, 0.3) is 5.91 Å². The van der Waals surface area contributed by atoms with Crippen molar-refractivity contribution in [2.75, 3.05) is 12.4 Å². The highest BCUT2D eigenvalue weighted by atomic mass is 32.1. The SMILES string of the molecule is CCc1ccc(C(=O)NC(=S)Nc2nc3ccc(C(=O)OC)cc3s2)cc1. The first-order valence-electron chi connectivity index (χ1n) is 8.20. The van der Waals surface area contributed by atoms with Crippen molar-refractivity contribution in [3.63, 3.8) is 0 Å². The van der Waals surface area contributed by atoms with Gasteiger partial charge in [0.2, 0.25) is 0 Å². The van der Waals surface area contributed by atoms with Gasteiger partial charge in [0.1, 0.15) is 0 Å². The average Bonchev–Trinajstić information content (AvgIpc) is 3.08. The van der Waals surface area contributed by atoms with Crippen molar-refractivity contribution < 1.29 is 14.3 Å². The van der Waals surface area contributed by atoms with Crippen LogP contribution >= 0.6 is 23.6 Å². The van der Waals surface area contributed by atoms with Gasteiger partial charge in [-0.15, -0.1) is 0 Å². The molecule has 3 aromatic rings. The van der Waals surface area contributed by atoms with Gasteiger partial charge in [-0.2, -0.15) is 0 Å². The topological polar surface area (TPSA) is 80.3 Å². The van der Waals surface area contributed by atoms with Crippen LogP contribution in [0.25, 0.3) is 10.2 Å². The summed E-state index contributed by atoms with van der Waals surface area (Å²) in [5, 5.41) is 6.23. The van der Waals surface area contributed by atoms with Crippen molar-refractivity contribution in [1.82, 2.24) is 10.3 Å². The largest absolute Gasteiger partial charge is 0.465 e. The van der Waals surface area contributed by atoms with Crippen molar-refractivity contribution in [2.45, 2.75) is 13.3 Å². The number of hydrogen-bond acceptors (Lipinski definition) is 6. The van der Waals surface area contributed by atoms with E-state index in [4.69, 9.17) is 17.0 Å². The number of ether oxygens (including phenoxy) is 1. The van der Waals surface area contributed by atoms with E-state index in [0.29, 0.717) is 16.3 Å². The van der Waals surface area contributed by atoms with Crippen molar-refractivity contribution >= 4 is 55.9 Å². The molecule has 8 heteroatoms. The molecule has 2 N–H and O–H groups in total. The minimum atomic E-state index is -0.406. The number of anilines is 1.